The molecule has 4 aromatic rings. The Balaban J connectivity index is 0.000000235. The molecule has 0 bridgehead atoms. The van der Waals surface area contributed by atoms with E-state index in [1.165, 1.54) is 74.9 Å². The van der Waals surface area contributed by atoms with E-state index in [1.54, 1.807) is 0 Å². The van der Waals surface area contributed by atoms with Crippen molar-refractivity contribution in [3.63, 3.8) is 0 Å². The lowest BCUT2D eigenvalue weighted by Gasteiger charge is -2.14. The fourth-order valence-corrected chi connectivity index (χ4v) is 4.80. The summed E-state index contributed by atoms with van der Waals surface area (Å²) in [7, 11) is -6.80. The number of rotatable bonds is 6. The van der Waals surface area contributed by atoms with E-state index in [4.69, 9.17) is 20.3 Å². The van der Waals surface area contributed by atoms with Crippen LogP contribution in [-0.4, -0.2) is 50.0 Å². The van der Waals surface area contributed by atoms with Gasteiger partial charge in [0.25, 0.3) is 11.4 Å². The Kier molecular flexibility index (Phi) is 11.3. The molecule has 4 rings (SSSR count). The zero-order valence-corrected chi connectivity index (χ0v) is 24.0. The number of hydrogen-bond acceptors (Lipinski definition) is 14. The highest BCUT2D eigenvalue weighted by Gasteiger charge is 2.20. The van der Waals surface area contributed by atoms with Crippen LogP contribution in [0.25, 0.3) is 20.7 Å². The van der Waals surface area contributed by atoms with Crippen LogP contribution < -0.4 is 9.47 Å². The molecule has 0 spiro atoms. The largest absolute Gasteiger partial charge is 0.744 e. The summed E-state index contributed by atoms with van der Waals surface area (Å²) >= 11 is 0. The van der Waals surface area contributed by atoms with Crippen LogP contribution in [0.1, 0.15) is 0 Å². The van der Waals surface area contributed by atoms with Crippen LogP contribution in [0.15, 0.2) is 82.6 Å². The van der Waals surface area contributed by atoms with Gasteiger partial charge in [0.1, 0.15) is 20.2 Å². The van der Waals surface area contributed by atoms with Gasteiger partial charge in [-0.2, -0.15) is 0 Å². The molecule has 18 nitrogen and oxygen atoms in total. The number of non-ortho nitro benzene ring substituents is 2. The first-order chi connectivity index (χ1) is 20.6. The number of diazo groups is 2. The van der Waals surface area contributed by atoms with Crippen LogP contribution in [0, 0.1) is 31.0 Å². The maximum atomic E-state index is 11.0. The van der Waals surface area contributed by atoms with Gasteiger partial charge in [0.2, 0.25) is 22.3 Å². The number of fused-ring (bicyclic) bond motifs is 1. The van der Waals surface area contributed by atoms with Crippen LogP contribution in [0.4, 0.5) is 22.7 Å². The fourth-order valence-electron chi connectivity index (χ4n) is 3.41. The monoisotopic (exact) mass is 646 g/mol. The second-order valence-corrected chi connectivity index (χ2v) is 10.6. The number of nitro benzene ring substituents is 2. The SMILES string of the molecule is COc1cc([N+](=O)[O-])ccc1[N+]#N.COc1cc([N+](=O)[O-])ccc1[N+]#N.O=S(=O)([O-])c1cccc2c(S(=O)(=O)[O-])cccc12. The number of nitro groups is 2. The second kappa shape index (κ2) is 14.4. The number of hydrogen-bond donors (Lipinski definition) is 0. The average Bonchev–Trinajstić information content (AvgIpc) is 2.99. The maximum Gasteiger partial charge on any atom is 0.426 e. The molecule has 0 saturated carbocycles. The molecule has 0 aromatic heterocycles. The quantitative estimate of drug-likeness (QED) is 0.117. The molecule has 0 aliphatic carbocycles. The minimum atomic E-state index is -4.74. The van der Waals surface area contributed by atoms with Gasteiger partial charge < -0.3 is 18.6 Å². The van der Waals surface area contributed by atoms with Gasteiger partial charge in [-0.1, -0.05) is 24.3 Å². The Morgan fingerprint density at radius 1 is 0.636 bits per heavy atom. The Bertz CT molecular complexity index is 1890. The summed E-state index contributed by atoms with van der Waals surface area (Å²) in [6, 6.07) is 14.5. The summed E-state index contributed by atoms with van der Waals surface area (Å²) in [6.07, 6.45) is 0. The van der Waals surface area contributed by atoms with Gasteiger partial charge in [-0.25, -0.2) is 16.8 Å². The first-order valence-corrected chi connectivity index (χ1v) is 14.2. The molecule has 0 unspecified atom stereocenters. The standard InChI is InChI=1S/C10H8O6S2.2C7H6N3O3/c11-17(12,13)9-5-1-3-7-8(9)4-2-6-10(7)18(14,15)16;2*1-13-7-4-5(10(11)12)2-3-6(7)9-8/h1-6H,(H,11,12,13)(H,14,15,16);2*2-4H,1H3/q;2*+1/p-2. The summed E-state index contributed by atoms with van der Waals surface area (Å²) in [5.41, 5.74) is 0.106. The van der Waals surface area contributed by atoms with E-state index < -0.39 is 39.9 Å². The van der Waals surface area contributed by atoms with Crippen LogP contribution in [0.5, 0.6) is 11.5 Å². The lowest BCUT2D eigenvalue weighted by Crippen LogP contribution is -2.03. The Hall–Kier alpha value is -5.80. The first-order valence-electron chi connectivity index (χ1n) is 11.4. The summed E-state index contributed by atoms with van der Waals surface area (Å²) in [5, 5.41) is 37.4. The lowest BCUT2D eigenvalue weighted by atomic mass is 10.1. The minimum absolute atomic E-state index is 0.0792. The number of methoxy groups -OCH3 is 2. The van der Waals surface area contributed by atoms with Crippen LogP contribution >= 0.6 is 0 Å². The van der Waals surface area contributed by atoms with Crippen molar-refractivity contribution in [2.45, 2.75) is 9.79 Å². The first kappa shape index (κ1) is 34.4. The van der Waals surface area contributed by atoms with E-state index >= 15 is 0 Å². The van der Waals surface area contributed by atoms with Gasteiger partial charge in [-0.15, -0.1) is 0 Å². The van der Waals surface area contributed by atoms with Crippen LogP contribution in [0.3, 0.4) is 0 Å². The molecule has 0 heterocycles. The van der Waals surface area contributed by atoms with Crippen molar-refractivity contribution in [1.82, 2.24) is 0 Å². The maximum absolute atomic E-state index is 11.0. The van der Waals surface area contributed by atoms with Crippen molar-refractivity contribution in [2.75, 3.05) is 14.2 Å². The third kappa shape index (κ3) is 8.60. The highest BCUT2D eigenvalue weighted by Crippen LogP contribution is 2.32. The molecule has 0 fully saturated rings. The molecule has 4 aromatic carbocycles. The summed E-state index contributed by atoms with van der Waals surface area (Å²) in [6.45, 7) is 0. The Morgan fingerprint density at radius 2 is 0.977 bits per heavy atom. The van der Waals surface area contributed by atoms with Crippen molar-refractivity contribution < 1.29 is 45.3 Å². The molecule has 20 heteroatoms. The molecular formula is C24H18N6O12S2. The molecule has 0 amide bonds. The highest BCUT2D eigenvalue weighted by atomic mass is 32.2. The highest BCUT2D eigenvalue weighted by molar-refractivity contribution is 7.86. The van der Waals surface area contributed by atoms with Gasteiger partial charge in [-0.05, 0) is 12.1 Å². The molecule has 0 atom stereocenters. The predicted octanol–water partition coefficient (Wildman–Crippen LogP) is 4.82. The number of nitrogens with zero attached hydrogens (tertiary/aromatic N) is 6. The van der Waals surface area contributed by atoms with Crippen molar-refractivity contribution >= 4 is 53.8 Å². The van der Waals surface area contributed by atoms with E-state index in [0.717, 1.165) is 12.1 Å². The fraction of sp³-hybridized carbons (Fsp3) is 0.0833. The molecule has 0 N–H and O–H groups in total. The zero-order valence-electron chi connectivity index (χ0n) is 22.3. The molecule has 0 aliphatic heterocycles. The van der Waals surface area contributed by atoms with Gasteiger partial charge >= 0.3 is 11.4 Å². The third-order valence-corrected chi connectivity index (χ3v) is 7.13. The topological polar surface area (TPSA) is 275 Å². The smallest absolute Gasteiger partial charge is 0.426 e. The molecule has 0 radical (unpaired) electrons. The molecule has 228 valence electrons. The third-order valence-electron chi connectivity index (χ3n) is 5.34. The molecule has 0 aliphatic rings. The van der Waals surface area contributed by atoms with E-state index in [-0.39, 0.29) is 45.0 Å². The van der Waals surface area contributed by atoms with Crippen LogP contribution in [-0.2, 0) is 20.2 Å². The normalized spacial score (nSPS) is 10.5. The Labute approximate surface area is 248 Å². The summed E-state index contributed by atoms with van der Waals surface area (Å²) in [4.78, 5) is 24.2. The van der Waals surface area contributed by atoms with Gasteiger partial charge in [-0.3, -0.25) is 20.2 Å². The molecule has 0 saturated heterocycles. The number of ether oxygens (including phenoxy) is 2. The van der Waals surface area contributed by atoms with Gasteiger partial charge in [0, 0.05) is 35.0 Å². The van der Waals surface area contributed by atoms with Crippen molar-refractivity contribution in [3.05, 3.63) is 103 Å². The average molecular weight is 647 g/mol. The summed E-state index contributed by atoms with van der Waals surface area (Å²) in [5.74, 6) is 0.327. The minimum Gasteiger partial charge on any atom is -0.744 e. The number of benzene rings is 4. The van der Waals surface area contributed by atoms with Gasteiger partial charge in [0.15, 0.2) is 9.95 Å². The van der Waals surface area contributed by atoms with E-state index in [9.17, 15) is 46.2 Å². The summed E-state index contributed by atoms with van der Waals surface area (Å²) < 4.78 is 75.7. The van der Waals surface area contributed by atoms with Crippen molar-refractivity contribution in [1.29, 1.82) is 10.8 Å². The Morgan fingerprint density at radius 3 is 1.23 bits per heavy atom. The van der Waals surface area contributed by atoms with Crippen LogP contribution in [0.2, 0.25) is 0 Å². The predicted molar refractivity (Wildman–Crippen MR) is 149 cm³/mol. The second-order valence-electron chi connectivity index (χ2n) is 7.94. The van der Waals surface area contributed by atoms with E-state index in [2.05, 4.69) is 9.95 Å². The van der Waals surface area contributed by atoms with Crippen molar-refractivity contribution in [3.8, 4) is 11.5 Å². The zero-order chi connectivity index (χ0) is 33.2. The molecular weight excluding hydrogens is 628 g/mol. The van der Waals surface area contributed by atoms with E-state index in [0.29, 0.717) is 0 Å². The molecule has 44 heavy (non-hydrogen) atoms. The van der Waals surface area contributed by atoms with Crippen molar-refractivity contribution in [2.24, 2.45) is 0 Å². The van der Waals surface area contributed by atoms with E-state index in [1.807, 2.05) is 0 Å². The van der Waals surface area contributed by atoms with Gasteiger partial charge in [0.05, 0.1) is 46.0 Å². The lowest BCUT2D eigenvalue weighted by molar-refractivity contribution is -0.385.